The van der Waals surface area contributed by atoms with Crippen molar-refractivity contribution in [1.29, 1.82) is 0 Å². The predicted molar refractivity (Wildman–Crippen MR) is 126 cm³/mol. The van der Waals surface area contributed by atoms with Crippen LogP contribution in [0.15, 0.2) is 53.3 Å². The molecule has 39 heavy (non-hydrogen) atoms. The number of hydrogen-bond acceptors (Lipinski definition) is 5. The maximum Gasteiger partial charge on any atom is 0.573 e. The second kappa shape index (κ2) is 12.2. The zero-order valence-electron chi connectivity index (χ0n) is 20.2. The number of benzene rings is 2. The first-order chi connectivity index (χ1) is 18.2. The Balaban J connectivity index is 0.000000532. The fourth-order valence-corrected chi connectivity index (χ4v) is 4.08. The largest absolute Gasteiger partial charge is 0.573 e. The van der Waals surface area contributed by atoms with Gasteiger partial charge in [0.1, 0.15) is 5.75 Å². The SMILES string of the molecule is O=C(NCCN1CCC(n2c(=O)[nH]c3ccccc32)CC1)c1ccc(OC(F)(F)F)cc1.O=C(O)C(F)(F)F. The van der Waals surface area contributed by atoms with Gasteiger partial charge in [0.2, 0.25) is 0 Å². The van der Waals surface area contributed by atoms with Gasteiger partial charge in [-0.05, 0) is 49.2 Å². The average Bonchev–Trinajstić information content (AvgIpc) is 3.19. The second-order valence-electron chi connectivity index (χ2n) is 8.52. The maximum absolute atomic E-state index is 12.4. The number of carbonyl (C=O) groups is 2. The molecule has 3 aromatic rings. The first-order valence-corrected chi connectivity index (χ1v) is 11.6. The molecule has 1 aromatic heterocycles. The summed E-state index contributed by atoms with van der Waals surface area (Å²) in [6.07, 6.45) is -8.19. The highest BCUT2D eigenvalue weighted by Crippen LogP contribution is 2.25. The number of carbonyl (C=O) groups excluding carboxylic acids is 1. The van der Waals surface area contributed by atoms with E-state index in [1.807, 2.05) is 28.8 Å². The normalized spacial score (nSPS) is 14.9. The zero-order chi connectivity index (χ0) is 28.8. The van der Waals surface area contributed by atoms with E-state index in [0.717, 1.165) is 49.1 Å². The third kappa shape index (κ3) is 8.49. The molecular weight excluding hydrogens is 538 g/mol. The van der Waals surface area contributed by atoms with Crippen molar-refractivity contribution in [3.63, 3.8) is 0 Å². The van der Waals surface area contributed by atoms with Gasteiger partial charge in [0, 0.05) is 37.8 Å². The number of hydrogen-bond donors (Lipinski definition) is 3. The van der Waals surface area contributed by atoms with Crippen LogP contribution in [0.4, 0.5) is 26.3 Å². The van der Waals surface area contributed by atoms with Crippen molar-refractivity contribution in [3.05, 3.63) is 64.6 Å². The average molecular weight is 562 g/mol. The Kier molecular flexibility index (Phi) is 9.27. The topological polar surface area (TPSA) is 117 Å². The van der Waals surface area contributed by atoms with E-state index in [4.69, 9.17) is 9.90 Å². The van der Waals surface area contributed by atoms with Gasteiger partial charge in [-0.25, -0.2) is 9.59 Å². The van der Waals surface area contributed by atoms with E-state index in [1.165, 1.54) is 12.1 Å². The van der Waals surface area contributed by atoms with Crippen molar-refractivity contribution in [2.75, 3.05) is 26.2 Å². The Labute approximate surface area is 217 Å². The first kappa shape index (κ1) is 29.5. The second-order valence-corrected chi connectivity index (χ2v) is 8.52. The number of alkyl halides is 6. The number of rotatable bonds is 6. The number of carboxylic acid groups (broad SMARTS) is 1. The van der Waals surface area contributed by atoms with Gasteiger partial charge < -0.3 is 25.0 Å². The summed E-state index contributed by atoms with van der Waals surface area (Å²) >= 11 is 0. The van der Waals surface area contributed by atoms with E-state index in [0.29, 0.717) is 13.1 Å². The number of fused-ring (bicyclic) bond motifs is 1. The molecule has 0 saturated carbocycles. The van der Waals surface area contributed by atoms with Crippen LogP contribution in [0.5, 0.6) is 5.75 Å². The Bertz CT molecular complexity index is 1330. The third-order valence-electron chi connectivity index (χ3n) is 5.85. The number of aliphatic carboxylic acids is 1. The van der Waals surface area contributed by atoms with E-state index >= 15 is 0 Å². The molecule has 0 unspecified atom stereocenters. The van der Waals surface area contributed by atoms with E-state index in [1.54, 1.807) is 0 Å². The number of halogens is 6. The molecule has 212 valence electrons. The number of carboxylic acids is 1. The number of amides is 1. The van der Waals surface area contributed by atoms with Gasteiger partial charge in [-0.3, -0.25) is 9.36 Å². The molecule has 2 heterocycles. The standard InChI is InChI=1S/C22H23F3N4O3.C2HF3O2/c23-22(24,25)32-17-7-5-15(6-8-17)20(30)26-11-14-28-12-9-16(10-13-28)29-19-4-2-1-3-18(19)27-21(29)31;3-2(4,5)1(6)7/h1-8,16H,9-14H2,(H,26,30)(H,27,31);(H,6,7). The number of aromatic nitrogens is 2. The van der Waals surface area contributed by atoms with Gasteiger partial charge in [0.15, 0.2) is 0 Å². The highest BCUT2D eigenvalue weighted by Gasteiger charge is 2.38. The van der Waals surface area contributed by atoms with Crippen molar-refractivity contribution in [3.8, 4) is 5.75 Å². The van der Waals surface area contributed by atoms with Crippen LogP contribution in [-0.4, -0.2) is 70.2 Å². The van der Waals surface area contributed by atoms with Gasteiger partial charge in [-0.2, -0.15) is 13.2 Å². The van der Waals surface area contributed by atoms with Gasteiger partial charge in [-0.1, -0.05) is 12.1 Å². The monoisotopic (exact) mass is 562 g/mol. The summed E-state index contributed by atoms with van der Waals surface area (Å²) in [5, 5.41) is 9.91. The molecule has 1 fully saturated rings. The van der Waals surface area contributed by atoms with Crippen LogP contribution >= 0.6 is 0 Å². The van der Waals surface area contributed by atoms with E-state index in [2.05, 4.69) is 19.9 Å². The van der Waals surface area contributed by atoms with Crippen LogP contribution in [0, 0.1) is 0 Å². The minimum Gasteiger partial charge on any atom is -0.475 e. The lowest BCUT2D eigenvalue weighted by Gasteiger charge is -2.32. The fraction of sp³-hybridized carbons (Fsp3) is 0.375. The van der Waals surface area contributed by atoms with E-state index in [-0.39, 0.29) is 29.0 Å². The van der Waals surface area contributed by atoms with Crippen LogP contribution in [0.25, 0.3) is 11.0 Å². The molecule has 0 aliphatic carbocycles. The number of aromatic amines is 1. The highest BCUT2D eigenvalue weighted by molar-refractivity contribution is 5.94. The first-order valence-electron chi connectivity index (χ1n) is 11.6. The van der Waals surface area contributed by atoms with Gasteiger partial charge in [-0.15, -0.1) is 13.2 Å². The van der Waals surface area contributed by atoms with Crippen molar-refractivity contribution in [2.24, 2.45) is 0 Å². The molecule has 1 aliphatic heterocycles. The zero-order valence-corrected chi connectivity index (χ0v) is 20.2. The maximum atomic E-state index is 12.4. The van der Waals surface area contributed by atoms with Crippen LogP contribution in [-0.2, 0) is 4.79 Å². The molecule has 9 nitrogen and oxygen atoms in total. The van der Waals surface area contributed by atoms with Crippen LogP contribution < -0.4 is 15.7 Å². The quantitative estimate of drug-likeness (QED) is 0.392. The summed E-state index contributed by atoms with van der Waals surface area (Å²) in [4.78, 5) is 38.6. The molecule has 0 bridgehead atoms. The van der Waals surface area contributed by atoms with Crippen molar-refractivity contribution < 1.29 is 45.8 Å². The van der Waals surface area contributed by atoms with Crippen LogP contribution in [0.1, 0.15) is 29.2 Å². The number of nitrogens with zero attached hydrogens (tertiary/aromatic N) is 2. The molecule has 3 N–H and O–H groups in total. The number of likely N-dealkylation sites (tertiary alicyclic amines) is 1. The summed E-state index contributed by atoms with van der Waals surface area (Å²) in [5.74, 6) is -3.48. The Morgan fingerprint density at radius 3 is 2.15 bits per heavy atom. The minimum atomic E-state index is -5.08. The number of ether oxygens (including phenoxy) is 1. The molecule has 0 atom stereocenters. The number of piperidine rings is 1. The third-order valence-corrected chi connectivity index (χ3v) is 5.85. The predicted octanol–water partition coefficient (Wildman–Crippen LogP) is 3.93. The summed E-state index contributed by atoms with van der Waals surface area (Å²) < 4.78 is 74.0. The number of para-hydroxylation sites is 2. The van der Waals surface area contributed by atoms with Crippen molar-refractivity contribution >= 4 is 22.9 Å². The molecule has 1 saturated heterocycles. The molecule has 1 amide bonds. The van der Waals surface area contributed by atoms with Gasteiger partial charge in [0.05, 0.1) is 11.0 Å². The number of imidazole rings is 1. The molecule has 1 aliphatic rings. The van der Waals surface area contributed by atoms with Gasteiger partial charge >= 0.3 is 24.2 Å². The summed E-state index contributed by atoms with van der Waals surface area (Å²) in [7, 11) is 0. The van der Waals surface area contributed by atoms with Crippen molar-refractivity contribution in [1.82, 2.24) is 19.8 Å². The lowest BCUT2D eigenvalue weighted by Crippen LogP contribution is -2.41. The smallest absolute Gasteiger partial charge is 0.475 e. The summed E-state index contributed by atoms with van der Waals surface area (Å²) in [6.45, 7) is 2.67. The molecule has 0 radical (unpaired) electrons. The Morgan fingerprint density at radius 1 is 1.00 bits per heavy atom. The number of H-pyrrole nitrogens is 1. The van der Waals surface area contributed by atoms with Crippen molar-refractivity contribution in [2.45, 2.75) is 31.4 Å². The van der Waals surface area contributed by atoms with Crippen LogP contribution in [0.2, 0.25) is 0 Å². The Morgan fingerprint density at radius 2 is 1.59 bits per heavy atom. The van der Waals surface area contributed by atoms with E-state index in [9.17, 15) is 35.9 Å². The summed E-state index contributed by atoms with van der Waals surface area (Å²) in [5.41, 5.74) is 1.91. The highest BCUT2D eigenvalue weighted by atomic mass is 19.4. The molecule has 15 heteroatoms. The minimum absolute atomic E-state index is 0.0939. The lowest BCUT2D eigenvalue weighted by atomic mass is 10.0. The fourth-order valence-electron chi connectivity index (χ4n) is 4.08. The lowest BCUT2D eigenvalue weighted by molar-refractivity contribution is -0.274. The molecule has 4 rings (SSSR count). The molecule has 2 aromatic carbocycles. The van der Waals surface area contributed by atoms with Gasteiger partial charge in [0.25, 0.3) is 5.91 Å². The number of nitrogens with one attached hydrogen (secondary N) is 2. The van der Waals surface area contributed by atoms with E-state index < -0.39 is 18.5 Å². The summed E-state index contributed by atoms with van der Waals surface area (Å²) in [6, 6.07) is 12.6. The molecule has 0 spiro atoms. The van der Waals surface area contributed by atoms with Crippen LogP contribution in [0.3, 0.4) is 0 Å². The molecular formula is C24H24F6N4O5. The Hall–Kier alpha value is -4.01.